The van der Waals surface area contributed by atoms with Gasteiger partial charge in [-0.15, -0.1) is 0 Å². The van der Waals surface area contributed by atoms with Crippen LogP contribution >= 0.6 is 11.6 Å². The Morgan fingerprint density at radius 3 is 2.54 bits per heavy atom. The fourth-order valence-corrected chi connectivity index (χ4v) is 4.68. The lowest BCUT2D eigenvalue weighted by atomic mass is 10.2. The lowest BCUT2D eigenvalue weighted by Gasteiger charge is -2.35. The smallest absolute Gasteiger partial charge is 0.243 e. The summed E-state index contributed by atoms with van der Waals surface area (Å²) >= 11 is 5.70. The number of halogens is 2. The number of likely N-dealkylation sites (N-methyl/N-ethyl adjacent to an activating group) is 1. The van der Waals surface area contributed by atoms with E-state index >= 15 is 0 Å². The fraction of sp³-hybridized carbons (Fsp3) is 0.556. The molecule has 28 heavy (non-hydrogen) atoms. The summed E-state index contributed by atoms with van der Waals surface area (Å²) in [4.78, 5) is 16.0. The fourth-order valence-electron chi connectivity index (χ4n) is 2.99. The highest BCUT2D eigenvalue weighted by Gasteiger charge is 2.31. The summed E-state index contributed by atoms with van der Waals surface area (Å²) in [5.74, 6) is -0.937. The molecule has 1 aromatic carbocycles. The molecule has 0 radical (unpaired) electrons. The van der Waals surface area contributed by atoms with Gasteiger partial charge < -0.3 is 4.90 Å². The molecule has 1 aliphatic rings. The van der Waals surface area contributed by atoms with Crippen LogP contribution in [0.5, 0.6) is 0 Å². The summed E-state index contributed by atoms with van der Waals surface area (Å²) in [5.41, 5.74) is 0. The molecule has 1 aliphatic heterocycles. The molecule has 0 aromatic heterocycles. The number of nitrogens with zero attached hydrogens (tertiary/aromatic N) is 4. The van der Waals surface area contributed by atoms with E-state index in [4.69, 9.17) is 16.9 Å². The molecule has 1 unspecified atom stereocenters. The number of nitriles is 1. The number of rotatable bonds is 7. The van der Waals surface area contributed by atoms with Gasteiger partial charge in [0.1, 0.15) is 5.82 Å². The van der Waals surface area contributed by atoms with Crippen molar-refractivity contribution in [3.05, 3.63) is 29.0 Å². The molecule has 1 aromatic rings. The van der Waals surface area contributed by atoms with Crippen molar-refractivity contribution in [1.29, 1.82) is 5.26 Å². The van der Waals surface area contributed by atoms with Crippen LogP contribution in [0.15, 0.2) is 23.1 Å². The minimum atomic E-state index is -3.80. The maximum Gasteiger partial charge on any atom is 0.243 e. The van der Waals surface area contributed by atoms with Gasteiger partial charge >= 0.3 is 0 Å². The second kappa shape index (κ2) is 9.65. The Morgan fingerprint density at radius 1 is 1.36 bits per heavy atom. The number of amides is 1. The Kier molecular flexibility index (Phi) is 7.78. The van der Waals surface area contributed by atoms with Crippen molar-refractivity contribution in [3.8, 4) is 6.07 Å². The van der Waals surface area contributed by atoms with Gasteiger partial charge in [0.2, 0.25) is 15.9 Å². The first kappa shape index (κ1) is 22.6. The standard InChI is InChI=1S/C18H24ClFN4O3S/c1-3-22(12-14(2)11-21)13-18(25)23-6-8-24(9-7-23)28(26,27)15-4-5-17(20)16(19)10-15/h4-5,10,14H,3,6-9,12-13H2,1-2H3. The third-order valence-corrected chi connectivity index (χ3v) is 6.86. The summed E-state index contributed by atoms with van der Waals surface area (Å²) in [7, 11) is -3.80. The second-order valence-electron chi connectivity index (χ2n) is 6.72. The minimum absolute atomic E-state index is 0.0682. The predicted molar refractivity (Wildman–Crippen MR) is 104 cm³/mol. The highest BCUT2D eigenvalue weighted by molar-refractivity contribution is 7.89. The van der Waals surface area contributed by atoms with Crippen molar-refractivity contribution in [1.82, 2.24) is 14.1 Å². The summed E-state index contributed by atoms with van der Waals surface area (Å²) in [6, 6.07) is 5.46. The average molecular weight is 431 g/mol. The van der Waals surface area contributed by atoms with E-state index in [0.29, 0.717) is 13.1 Å². The van der Waals surface area contributed by atoms with E-state index in [-0.39, 0.29) is 54.5 Å². The first-order chi connectivity index (χ1) is 13.2. The molecule has 0 saturated carbocycles. The number of hydrogen-bond donors (Lipinski definition) is 0. The van der Waals surface area contributed by atoms with Gasteiger partial charge in [-0.1, -0.05) is 18.5 Å². The Balaban J connectivity index is 1.97. The molecule has 7 nitrogen and oxygen atoms in total. The number of hydrogen-bond acceptors (Lipinski definition) is 5. The lowest BCUT2D eigenvalue weighted by molar-refractivity contribution is -0.133. The Hall–Kier alpha value is -1.73. The van der Waals surface area contributed by atoms with E-state index < -0.39 is 15.8 Å². The number of piperazine rings is 1. The quantitative estimate of drug-likeness (QED) is 0.658. The third-order valence-electron chi connectivity index (χ3n) is 4.68. The van der Waals surface area contributed by atoms with Crippen LogP contribution in [0.2, 0.25) is 5.02 Å². The van der Waals surface area contributed by atoms with Crippen molar-refractivity contribution in [2.24, 2.45) is 5.92 Å². The Labute approximate surface area is 170 Å². The molecule has 1 atom stereocenters. The van der Waals surface area contributed by atoms with E-state index in [1.54, 1.807) is 11.8 Å². The molecule has 154 valence electrons. The van der Waals surface area contributed by atoms with Crippen LogP contribution in [0.3, 0.4) is 0 Å². The summed E-state index contributed by atoms with van der Waals surface area (Å²) in [5, 5.41) is 8.68. The molecule has 2 rings (SSSR count). The summed E-state index contributed by atoms with van der Waals surface area (Å²) < 4.78 is 40.0. The van der Waals surface area contributed by atoms with Gasteiger partial charge in [-0.2, -0.15) is 9.57 Å². The van der Waals surface area contributed by atoms with Gasteiger partial charge in [0.25, 0.3) is 0 Å². The van der Waals surface area contributed by atoms with Gasteiger partial charge in [0.15, 0.2) is 0 Å². The highest BCUT2D eigenvalue weighted by atomic mass is 35.5. The van der Waals surface area contributed by atoms with E-state index in [0.717, 1.165) is 12.1 Å². The zero-order valence-corrected chi connectivity index (χ0v) is 17.5. The van der Waals surface area contributed by atoms with Gasteiger partial charge in [0, 0.05) is 32.7 Å². The molecular weight excluding hydrogens is 407 g/mol. The van der Waals surface area contributed by atoms with Gasteiger partial charge in [-0.05, 0) is 31.7 Å². The number of benzene rings is 1. The Bertz CT molecular complexity index is 851. The number of sulfonamides is 1. The van der Waals surface area contributed by atoms with Gasteiger partial charge in [-0.3, -0.25) is 9.69 Å². The molecule has 0 aliphatic carbocycles. The average Bonchev–Trinajstić information content (AvgIpc) is 2.69. The van der Waals surface area contributed by atoms with E-state index in [1.165, 1.54) is 10.4 Å². The van der Waals surface area contributed by atoms with Crippen molar-refractivity contribution < 1.29 is 17.6 Å². The lowest BCUT2D eigenvalue weighted by Crippen LogP contribution is -2.52. The third kappa shape index (κ3) is 5.41. The van der Waals surface area contributed by atoms with Crippen molar-refractivity contribution in [2.75, 3.05) is 45.8 Å². The number of carbonyl (C=O) groups excluding carboxylic acids is 1. The molecule has 0 spiro atoms. The van der Waals surface area contributed by atoms with Crippen LogP contribution in [0.25, 0.3) is 0 Å². The summed E-state index contributed by atoms with van der Waals surface area (Å²) in [6.07, 6.45) is 0. The van der Waals surface area contributed by atoms with Crippen LogP contribution in [0, 0.1) is 23.1 Å². The molecule has 1 heterocycles. The summed E-state index contributed by atoms with van der Waals surface area (Å²) in [6.45, 7) is 5.96. The molecule has 1 fully saturated rings. The van der Waals surface area contributed by atoms with E-state index in [9.17, 15) is 17.6 Å². The monoisotopic (exact) mass is 430 g/mol. The molecule has 10 heteroatoms. The van der Waals surface area contributed by atoms with Crippen molar-refractivity contribution in [2.45, 2.75) is 18.7 Å². The van der Waals surface area contributed by atoms with Crippen LogP contribution in [0.4, 0.5) is 4.39 Å². The predicted octanol–water partition coefficient (Wildman–Crippen LogP) is 1.79. The van der Waals surface area contributed by atoms with Crippen LogP contribution in [-0.4, -0.2) is 74.2 Å². The largest absolute Gasteiger partial charge is 0.339 e. The SMILES string of the molecule is CCN(CC(=O)N1CCN(S(=O)(=O)c2ccc(F)c(Cl)c2)CC1)CC(C)C#N. The molecule has 0 bridgehead atoms. The van der Waals surface area contributed by atoms with Gasteiger partial charge in [-0.25, -0.2) is 12.8 Å². The van der Waals surface area contributed by atoms with E-state index in [1.807, 2.05) is 11.8 Å². The maximum atomic E-state index is 13.3. The second-order valence-corrected chi connectivity index (χ2v) is 9.06. The maximum absolute atomic E-state index is 13.3. The first-order valence-corrected chi connectivity index (χ1v) is 10.9. The minimum Gasteiger partial charge on any atom is -0.339 e. The van der Waals surface area contributed by atoms with Crippen LogP contribution in [0.1, 0.15) is 13.8 Å². The van der Waals surface area contributed by atoms with Crippen molar-refractivity contribution in [3.63, 3.8) is 0 Å². The zero-order valence-electron chi connectivity index (χ0n) is 15.9. The highest BCUT2D eigenvalue weighted by Crippen LogP contribution is 2.23. The number of carbonyl (C=O) groups is 1. The molecule has 0 N–H and O–H groups in total. The molecule has 1 saturated heterocycles. The zero-order chi connectivity index (χ0) is 20.9. The van der Waals surface area contributed by atoms with Crippen LogP contribution in [-0.2, 0) is 14.8 Å². The molecular formula is C18H24ClFN4O3S. The van der Waals surface area contributed by atoms with Crippen LogP contribution < -0.4 is 0 Å². The van der Waals surface area contributed by atoms with E-state index in [2.05, 4.69) is 6.07 Å². The molecule has 1 amide bonds. The normalized spacial score (nSPS) is 16.8. The Morgan fingerprint density at radius 2 is 2.00 bits per heavy atom. The first-order valence-electron chi connectivity index (χ1n) is 9.04. The van der Waals surface area contributed by atoms with Crippen molar-refractivity contribution >= 4 is 27.5 Å². The topological polar surface area (TPSA) is 84.7 Å². The van der Waals surface area contributed by atoms with Gasteiger partial charge in [0.05, 0.1) is 28.5 Å².